The van der Waals surface area contributed by atoms with Crippen LogP contribution in [-0.4, -0.2) is 39.5 Å². The Labute approximate surface area is 344 Å². The van der Waals surface area contributed by atoms with Gasteiger partial charge in [-0.2, -0.15) is 0 Å². The lowest BCUT2D eigenvalue weighted by Crippen LogP contribution is -2.02. The van der Waals surface area contributed by atoms with Gasteiger partial charge in [0.05, 0.1) is 21.3 Å². The molecule has 12 aromatic rings. The summed E-state index contributed by atoms with van der Waals surface area (Å²) in [6, 6.07) is 51.0. The van der Waals surface area contributed by atoms with Gasteiger partial charge in [-0.05, 0) is 78.9 Å². The van der Waals surface area contributed by atoms with Crippen LogP contribution in [-0.2, 0) is 7.05 Å². The molecule has 0 saturated carbocycles. The van der Waals surface area contributed by atoms with Crippen LogP contribution in [0, 0.1) is 0 Å². The Morgan fingerprint density at radius 1 is 0.458 bits per heavy atom. The van der Waals surface area contributed by atoms with Gasteiger partial charge in [-0.3, -0.25) is 0 Å². The van der Waals surface area contributed by atoms with Gasteiger partial charge in [-0.25, -0.2) is 34.9 Å². The van der Waals surface area contributed by atoms with Crippen molar-refractivity contribution in [2.24, 2.45) is 7.05 Å². The van der Waals surface area contributed by atoms with Gasteiger partial charge in [-0.15, -0.1) is 22.7 Å². The molecule has 0 amide bonds. The Balaban J connectivity index is 1.07. The summed E-state index contributed by atoms with van der Waals surface area (Å²) < 4.78 is 10.7. The quantitative estimate of drug-likeness (QED) is 0.164. The average Bonchev–Trinajstić information content (AvgIpc) is 4.09. The van der Waals surface area contributed by atoms with Gasteiger partial charge >= 0.3 is 0 Å². The fraction of sp³-hybridized carbons (Fsp3) is 0.0208. The fourth-order valence-corrected chi connectivity index (χ4v) is 9.68. The highest BCUT2D eigenvalue weighted by molar-refractivity contribution is 7.25. The number of thiophene rings is 1. The molecule has 0 aliphatic rings. The minimum atomic E-state index is 0.466. The van der Waals surface area contributed by atoms with E-state index in [1.807, 2.05) is 92.0 Å². The van der Waals surface area contributed by atoms with E-state index >= 15 is 0 Å². The molecule has 278 valence electrons. The average molecular weight is 797 g/mol. The second kappa shape index (κ2) is 13.3. The topological polar surface area (TPSA) is 108 Å². The minimum Gasteiger partial charge on any atom is -0.436 e. The first-order chi connectivity index (χ1) is 29.1. The number of thiazole rings is 1. The van der Waals surface area contributed by atoms with Crippen LogP contribution in [0.3, 0.4) is 0 Å². The molecule has 0 aliphatic carbocycles. The SMILES string of the molecule is Cn1c(-c2ccccc2)nc2ccc(-c3nc(-c4cc(-c5nc6ccccc6o5)cc(-c5nc6ccccc6s5)c4)nc(-c4ccc5c(n4)sc4ccccc45)n3)cc21. The zero-order valence-electron chi connectivity index (χ0n) is 31.2. The Morgan fingerprint density at radius 3 is 2.05 bits per heavy atom. The number of aryl methyl sites for hydroxylation is 1. The molecule has 9 nitrogen and oxygen atoms in total. The van der Waals surface area contributed by atoms with E-state index < -0.39 is 0 Å². The van der Waals surface area contributed by atoms with Crippen LogP contribution in [0.25, 0.3) is 120 Å². The van der Waals surface area contributed by atoms with Gasteiger partial charge < -0.3 is 8.98 Å². The molecular weight excluding hydrogens is 769 g/mol. The van der Waals surface area contributed by atoms with Crippen molar-refractivity contribution in [2.45, 2.75) is 0 Å². The van der Waals surface area contributed by atoms with Crippen molar-refractivity contribution in [1.29, 1.82) is 0 Å². The summed E-state index contributed by atoms with van der Waals surface area (Å²) in [7, 11) is 2.04. The first-order valence-corrected chi connectivity index (χ1v) is 20.7. The van der Waals surface area contributed by atoms with Crippen molar-refractivity contribution in [3.63, 3.8) is 0 Å². The summed E-state index contributed by atoms with van der Waals surface area (Å²) in [6.45, 7) is 0. The van der Waals surface area contributed by atoms with Crippen molar-refractivity contribution in [1.82, 2.24) is 39.5 Å². The molecule has 6 aromatic carbocycles. The Morgan fingerprint density at radius 2 is 1.19 bits per heavy atom. The van der Waals surface area contributed by atoms with Gasteiger partial charge in [0.25, 0.3) is 0 Å². The van der Waals surface area contributed by atoms with Crippen LogP contribution in [0.5, 0.6) is 0 Å². The predicted octanol–water partition coefficient (Wildman–Crippen LogP) is 12.3. The maximum Gasteiger partial charge on any atom is 0.227 e. The van der Waals surface area contributed by atoms with Crippen molar-refractivity contribution in [3.8, 4) is 67.7 Å². The Hall–Kier alpha value is -7.47. The highest BCUT2D eigenvalue weighted by Crippen LogP contribution is 2.38. The van der Waals surface area contributed by atoms with Crippen molar-refractivity contribution >= 4 is 75.3 Å². The molecule has 0 unspecified atom stereocenters. The number of pyridine rings is 1. The maximum atomic E-state index is 6.33. The summed E-state index contributed by atoms with van der Waals surface area (Å²) in [5, 5.41) is 3.15. The van der Waals surface area contributed by atoms with Gasteiger partial charge in [0, 0.05) is 50.3 Å². The van der Waals surface area contributed by atoms with Crippen molar-refractivity contribution in [2.75, 3.05) is 0 Å². The molecule has 0 radical (unpaired) electrons. The number of hydrogen-bond donors (Lipinski definition) is 0. The van der Waals surface area contributed by atoms with Gasteiger partial charge in [0.2, 0.25) is 5.89 Å². The van der Waals surface area contributed by atoms with E-state index in [0.29, 0.717) is 34.6 Å². The summed E-state index contributed by atoms with van der Waals surface area (Å²) in [5.41, 5.74) is 9.25. The number of para-hydroxylation sites is 3. The number of rotatable bonds is 6. The molecule has 0 fully saturated rings. The third-order valence-electron chi connectivity index (χ3n) is 10.6. The Bertz CT molecular complexity index is 3450. The lowest BCUT2D eigenvalue weighted by atomic mass is 10.0. The molecule has 0 atom stereocenters. The van der Waals surface area contributed by atoms with Crippen LogP contribution in [0.2, 0.25) is 0 Å². The zero-order chi connectivity index (χ0) is 39.0. The molecular formula is C48H28N8OS2. The third kappa shape index (κ3) is 5.78. The van der Waals surface area contributed by atoms with Crippen LogP contribution in [0.1, 0.15) is 0 Å². The van der Waals surface area contributed by atoms with E-state index in [2.05, 4.69) is 71.3 Å². The van der Waals surface area contributed by atoms with Crippen molar-refractivity contribution < 1.29 is 4.42 Å². The second-order valence-electron chi connectivity index (χ2n) is 14.3. The van der Waals surface area contributed by atoms with Gasteiger partial charge in [0.1, 0.15) is 26.9 Å². The lowest BCUT2D eigenvalue weighted by molar-refractivity contribution is 0.620. The van der Waals surface area contributed by atoms with Crippen LogP contribution >= 0.6 is 22.7 Å². The Kier molecular flexibility index (Phi) is 7.59. The molecule has 0 aliphatic heterocycles. The second-order valence-corrected chi connectivity index (χ2v) is 16.4. The molecule has 0 N–H and O–H groups in total. The number of hydrogen-bond acceptors (Lipinski definition) is 10. The molecule has 0 bridgehead atoms. The number of fused-ring (bicyclic) bond motifs is 6. The van der Waals surface area contributed by atoms with E-state index in [9.17, 15) is 0 Å². The van der Waals surface area contributed by atoms with Gasteiger partial charge in [0.15, 0.2) is 23.1 Å². The fourth-order valence-electron chi connectivity index (χ4n) is 7.65. The van der Waals surface area contributed by atoms with Crippen molar-refractivity contribution in [3.05, 3.63) is 152 Å². The number of imidazole rings is 1. The lowest BCUT2D eigenvalue weighted by Gasteiger charge is -2.10. The highest BCUT2D eigenvalue weighted by Gasteiger charge is 2.20. The van der Waals surface area contributed by atoms with Crippen LogP contribution in [0.15, 0.2) is 156 Å². The molecule has 0 saturated heterocycles. The van der Waals surface area contributed by atoms with Gasteiger partial charge in [-0.1, -0.05) is 72.8 Å². The maximum absolute atomic E-state index is 6.33. The minimum absolute atomic E-state index is 0.466. The summed E-state index contributed by atoms with van der Waals surface area (Å²) in [4.78, 5) is 36.5. The molecule has 11 heteroatoms. The normalized spacial score (nSPS) is 11.8. The summed E-state index contributed by atoms with van der Waals surface area (Å²) >= 11 is 3.30. The number of benzene rings is 6. The first kappa shape index (κ1) is 33.6. The van der Waals surface area contributed by atoms with E-state index in [4.69, 9.17) is 39.3 Å². The monoisotopic (exact) mass is 796 g/mol. The smallest absolute Gasteiger partial charge is 0.227 e. The van der Waals surface area contributed by atoms with E-state index in [-0.39, 0.29) is 0 Å². The molecule has 12 rings (SSSR count). The first-order valence-electron chi connectivity index (χ1n) is 19.0. The summed E-state index contributed by atoms with van der Waals surface area (Å²) in [5.74, 6) is 2.85. The number of oxazole rings is 1. The number of nitrogens with zero attached hydrogens (tertiary/aromatic N) is 8. The summed E-state index contributed by atoms with van der Waals surface area (Å²) in [6.07, 6.45) is 0. The molecule has 59 heavy (non-hydrogen) atoms. The molecule has 6 heterocycles. The third-order valence-corrected chi connectivity index (χ3v) is 12.7. The van der Waals surface area contributed by atoms with E-state index in [1.54, 1.807) is 22.7 Å². The zero-order valence-corrected chi connectivity index (χ0v) is 32.9. The predicted molar refractivity (Wildman–Crippen MR) is 238 cm³/mol. The van der Waals surface area contributed by atoms with Crippen LogP contribution < -0.4 is 0 Å². The highest BCUT2D eigenvalue weighted by atomic mass is 32.1. The largest absolute Gasteiger partial charge is 0.436 e. The van der Waals surface area contributed by atoms with Crippen LogP contribution in [0.4, 0.5) is 0 Å². The number of aromatic nitrogens is 8. The van der Waals surface area contributed by atoms with E-state index in [0.717, 1.165) is 75.6 Å². The standard InChI is InChI=1S/C48H28N8OS2/c1-56-38-26-28(19-21-34(38)49-45(56)27-11-3-2-4-12-27)42-53-43(55-44(54-42)37-22-20-33-32-13-5-9-17-40(32)58-48(33)52-37)29-23-30(46-50-35-14-6-8-16-39(35)57-46)25-31(24-29)47-51-36-15-7-10-18-41(36)59-47/h2-26H,1H3. The molecule has 6 aromatic heterocycles. The molecule has 0 spiro atoms. The van der Waals surface area contributed by atoms with E-state index in [1.165, 1.54) is 10.1 Å².